The number of carbonyl (C=O) groups is 1. The van der Waals surface area contributed by atoms with Gasteiger partial charge in [0.15, 0.2) is 0 Å². The molecule has 1 amide bonds. The number of rotatable bonds is 8. The van der Waals surface area contributed by atoms with Gasteiger partial charge in [-0.25, -0.2) is 4.79 Å². The predicted octanol–water partition coefficient (Wildman–Crippen LogP) is 5.24. The fraction of sp³-hybridized carbons (Fsp3) is 0.480. The summed E-state index contributed by atoms with van der Waals surface area (Å²) < 4.78 is 11.2. The van der Waals surface area contributed by atoms with Gasteiger partial charge >= 0.3 is 6.09 Å². The molecule has 1 saturated heterocycles. The van der Waals surface area contributed by atoms with E-state index in [1.165, 1.54) is 25.9 Å². The lowest BCUT2D eigenvalue weighted by Crippen LogP contribution is -2.32. The third-order valence-corrected chi connectivity index (χ3v) is 5.04. The summed E-state index contributed by atoms with van der Waals surface area (Å²) in [4.78, 5) is 14.3. The van der Waals surface area contributed by atoms with Crippen LogP contribution >= 0.6 is 0 Å². The SMILES string of the molecule is CC(C)(C)OC(=O)NCc1ccc(-c2cccc(OCCCN3CCCC3)c2)cc1. The molecule has 1 aliphatic heterocycles. The molecule has 0 atom stereocenters. The predicted molar refractivity (Wildman–Crippen MR) is 121 cm³/mol. The van der Waals surface area contributed by atoms with E-state index >= 15 is 0 Å². The van der Waals surface area contributed by atoms with Gasteiger partial charge in [0.05, 0.1) is 6.61 Å². The van der Waals surface area contributed by atoms with Gasteiger partial charge in [-0.3, -0.25) is 0 Å². The van der Waals surface area contributed by atoms with Gasteiger partial charge in [0, 0.05) is 13.1 Å². The number of alkyl carbamates (subject to hydrolysis) is 1. The fourth-order valence-electron chi connectivity index (χ4n) is 3.55. The molecule has 3 rings (SSSR count). The van der Waals surface area contributed by atoms with Crippen LogP contribution in [0.25, 0.3) is 11.1 Å². The quantitative estimate of drug-likeness (QED) is 0.605. The topological polar surface area (TPSA) is 50.8 Å². The summed E-state index contributed by atoms with van der Waals surface area (Å²) in [7, 11) is 0. The van der Waals surface area contributed by atoms with Gasteiger partial charge in [-0.05, 0) is 81.9 Å². The lowest BCUT2D eigenvalue weighted by molar-refractivity contribution is 0.0523. The third kappa shape index (κ3) is 7.38. The number of carbonyl (C=O) groups excluding carboxylic acids is 1. The Hall–Kier alpha value is -2.53. The second kappa shape index (κ2) is 10.5. The van der Waals surface area contributed by atoms with Gasteiger partial charge in [-0.1, -0.05) is 36.4 Å². The molecule has 162 valence electrons. The molecule has 5 nitrogen and oxygen atoms in total. The highest BCUT2D eigenvalue weighted by Crippen LogP contribution is 2.24. The van der Waals surface area contributed by atoms with Crippen molar-refractivity contribution >= 4 is 6.09 Å². The maximum absolute atomic E-state index is 11.8. The standard InChI is InChI=1S/C25H34N2O3/c1-25(2,3)30-24(28)26-19-20-10-12-21(13-11-20)22-8-6-9-23(18-22)29-17-7-16-27-14-4-5-15-27/h6,8-13,18H,4-5,7,14-17,19H2,1-3H3,(H,26,28). The molecule has 1 fully saturated rings. The Morgan fingerprint density at radius 2 is 1.77 bits per heavy atom. The van der Waals surface area contributed by atoms with Crippen molar-refractivity contribution in [3.8, 4) is 16.9 Å². The number of hydrogen-bond acceptors (Lipinski definition) is 4. The summed E-state index contributed by atoms with van der Waals surface area (Å²) in [6.45, 7) is 10.3. The Balaban J connectivity index is 1.48. The Bertz CT molecular complexity index is 806. The smallest absolute Gasteiger partial charge is 0.407 e. The summed E-state index contributed by atoms with van der Waals surface area (Å²) in [6, 6.07) is 16.4. The van der Waals surface area contributed by atoms with E-state index in [0.29, 0.717) is 6.54 Å². The van der Waals surface area contributed by atoms with Crippen LogP contribution in [0.2, 0.25) is 0 Å². The molecule has 0 spiro atoms. The summed E-state index contributed by atoms with van der Waals surface area (Å²) in [6.07, 6.45) is 3.32. The minimum Gasteiger partial charge on any atom is -0.494 e. The first-order valence-corrected chi connectivity index (χ1v) is 10.9. The average molecular weight is 411 g/mol. The largest absolute Gasteiger partial charge is 0.494 e. The Kier molecular flexibility index (Phi) is 7.75. The van der Waals surface area contributed by atoms with E-state index in [1.54, 1.807) is 0 Å². The molecule has 0 aliphatic carbocycles. The Labute approximate surface area is 180 Å². The number of amides is 1. The molecule has 0 bridgehead atoms. The summed E-state index contributed by atoms with van der Waals surface area (Å²) in [5.41, 5.74) is 2.78. The number of hydrogen-bond donors (Lipinski definition) is 1. The molecule has 0 radical (unpaired) electrons. The Morgan fingerprint density at radius 1 is 1.03 bits per heavy atom. The first-order chi connectivity index (χ1) is 14.4. The average Bonchev–Trinajstić information content (AvgIpc) is 3.23. The molecule has 30 heavy (non-hydrogen) atoms. The van der Waals surface area contributed by atoms with Crippen LogP contribution in [0.15, 0.2) is 48.5 Å². The van der Waals surface area contributed by atoms with Gasteiger partial charge in [0.2, 0.25) is 0 Å². The first kappa shape index (κ1) is 22.2. The molecule has 0 aromatic heterocycles. The number of ether oxygens (including phenoxy) is 2. The van der Waals surface area contributed by atoms with Crippen molar-refractivity contribution in [1.82, 2.24) is 10.2 Å². The van der Waals surface area contributed by atoms with Crippen molar-refractivity contribution in [2.24, 2.45) is 0 Å². The molecule has 0 saturated carbocycles. The van der Waals surface area contributed by atoms with Gasteiger partial charge in [-0.2, -0.15) is 0 Å². The van der Waals surface area contributed by atoms with E-state index in [2.05, 4.69) is 34.5 Å². The summed E-state index contributed by atoms with van der Waals surface area (Å²) in [5.74, 6) is 0.907. The van der Waals surface area contributed by atoms with Crippen LogP contribution in [0.4, 0.5) is 4.79 Å². The van der Waals surface area contributed by atoms with E-state index in [0.717, 1.165) is 42.0 Å². The van der Waals surface area contributed by atoms with Crippen molar-refractivity contribution in [1.29, 1.82) is 0 Å². The monoisotopic (exact) mass is 410 g/mol. The first-order valence-electron chi connectivity index (χ1n) is 10.9. The molecule has 1 N–H and O–H groups in total. The maximum atomic E-state index is 11.8. The van der Waals surface area contributed by atoms with Gasteiger partial charge in [0.1, 0.15) is 11.4 Å². The molecule has 2 aromatic carbocycles. The number of nitrogens with zero attached hydrogens (tertiary/aromatic N) is 1. The zero-order chi connectivity index (χ0) is 21.4. The molecular formula is C25H34N2O3. The van der Waals surface area contributed by atoms with Crippen LogP contribution in [0, 0.1) is 0 Å². The van der Waals surface area contributed by atoms with Crippen molar-refractivity contribution in [2.75, 3.05) is 26.2 Å². The number of likely N-dealkylation sites (tertiary alicyclic amines) is 1. The summed E-state index contributed by atoms with van der Waals surface area (Å²) >= 11 is 0. The minimum atomic E-state index is -0.491. The Morgan fingerprint density at radius 3 is 2.47 bits per heavy atom. The highest BCUT2D eigenvalue weighted by atomic mass is 16.6. The second-order valence-corrected chi connectivity index (χ2v) is 8.83. The molecule has 2 aromatic rings. The van der Waals surface area contributed by atoms with Gasteiger partial charge in [-0.15, -0.1) is 0 Å². The van der Waals surface area contributed by atoms with Crippen molar-refractivity contribution in [3.63, 3.8) is 0 Å². The minimum absolute atomic E-state index is 0.402. The highest BCUT2D eigenvalue weighted by Gasteiger charge is 2.15. The van der Waals surface area contributed by atoms with E-state index in [1.807, 2.05) is 45.0 Å². The van der Waals surface area contributed by atoms with Crippen LogP contribution in [0.1, 0.15) is 45.6 Å². The number of nitrogens with one attached hydrogen (secondary N) is 1. The zero-order valence-electron chi connectivity index (χ0n) is 18.4. The third-order valence-electron chi connectivity index (χ3n) is 5.04. The van der Waals surface area contributed by atoms with Crippen molar-refractivity contribution in [3.05, 3.63) is 54.1 Å². The van der Waals surface area contributed by atoms with Gasteiger partial charge < -0.3 is 19.7 Å². The van der Waals surface area contributed by atoms with E-state index in [9.17, 15) is 4.79 Å². The lowest BCUT2D eigenvalue weighted by Gasteiger charge is -2.19. The van der Waals surface area contributed by atoms with Crippen molar-refractivity contribution < 1.29 is 14.3 Å². The van der Waals surface area contributed by atoms with Crippen molar-refractivity contribution in [2.45, 2.75) is 52.2 Å². The lowest BCUT2D eigenvalue weighted by atomic mass is 10.0. The molecule has 1 heterocycles. The van der Waals surface area contributed by atoms with Crippen LogP contribution < -0.4 is 10.1 Å². The zero-order valence-corrected chi connectivity index (χ0v) is 18.4. The van der Waals surface area contributed by atoms with Crippen LogP contribution in [0.3, 0.4) is 0 Å². The van der Waals surface area contributed by atoms with Gasteiger partial charge in [0.25, 0.3) is 0 Å². The van der Waals surface area contributed by atoms with Crippen LogP contribution in [0.5, 0.6) is 5.75 Å². The van der Waals surface area contributed by atoms with E-state index in [4.69, 9.17) is 9.47 Å². The molecule has 5 heteroatoms. The normalized spacial score (nSPS) is 14.5. The van der Waals surface area contributed by atoms with E-state index < -0.39 is 11.7 Å². The molecule has 1 aliphatic rings. The summed E-state index contributed by atoms with van der Waals surface area (Å²) in [5, 5.41) is 2.79. The van der Waals surface area contributed by atoms with Crippen LogP contribution in [-0.2, 0) is 11.3 Å². The van der Waals surface area contributed by atoms with Crippen LogP contribution in [-0.4, -0.2) is 42.8 Å². The second-order valence-electron chi connectivity index (χ2n) is 8.83. The molecular weight excluding hydrogens is 376 g/mol. The van der Waals surface area contributed by atoms with E-state index in [-0.39, 0.29) is 0 Å². The number of benzene rings is 2. The highest BCUT2D eigenvalue weighted by molar-refractivity contribution is 5.68. The fourth-order valence-corrected chi connectivity index (χ4v) is 3.55. The maximum Gasteiger partial charge on any atom is 0.407 e. The molecule has 0 unspecified atom stereocenters.